The fourth-order valence-electron chi connectivity index (χ4n) is 2.11. The van der Waals surface area contributed by atoms with Gasteiger partial charge >= 0.3 is 0 Å². The van der Waals surface area contributed by atoms with Crippen LogP contribution in [0.5, 0.6) is 0 Å². The molecule has 0 aliphatic rings. The van der Waals surface area contributed by atoms with E-state index in [1.54, 1.807) is 0 Å². The fourth-order valence-corrected chi connectivity index (χ4v) is 2.11. The van der Waals surface area contributed by atoms with Crippen molar-refractivity contribution < 1.29 is 8.78 Å². The van der Waals surface area contributed by atoms with Crippen molar-refractivity contribution in [3.05, 3.63) is 46.8 Å². The van der Waals surface area contributed by atoms with Crippen molar-refractivity contribution in [1.29, 1.82) is 0 Å². The number of aryl methyl sites for hydroxylation is 2. The third-order valence-electron chi connectivity index (χ3n) is 3.23. The summed E-state index contributed by atoms with van der Waals surface area (Å²) in [4.78, 5) is 8.76. The number of hydrogen-bond acceptors (Lipinski definition) is 3. The number of nitrogens with zero attached hydrogens (tertiary/aromatic N) is 2. The van der Waals surface area contributed by atoms with E-state index in [0.29, 0.717) is 24.0 Å². The highest BCUT2D eigenvalue weighted by Crippen LogP contribution is 2.21. The van der Waals surface area contributed by atoms with E-state index in [2.05, 4.69) is 29.1 Å². The second-order valence-electron chi connectivity index (χ2n) is 5.39. The van der Waals surface area contributed by atoms with Crippen LogP contribution in [0.25, 0.3) is 11.4 Å². The van der Waals surface area contributed by atoms with Crippen molar-refractivity contribution in [2.75, 3.05) is 0 Å². The minimum atomic E-state index is -0.630. The largest absolute Gasteiger partial charge is 0.310 e. The Balaban J connectivity index is 2.39. The molecule has 112 valence electrons. The lowest BCUT2D eigenvalue weighted by molar-refractivity contribution is 0.581. The van der Waals surface area contributed by atoms with Crippen LogP contribution >= 0.6 is 0 Å². The van der Waals surface area contributed by atoms with Gasteiger partial charge in [0, 0.05) is 41.2 Å². The van der Waals surface area contributed by atoms with Crippen LogP contribution < -0.4 is 5.32 Å². The number of hydrogen-bond donors (Lipinski definition) is 1. The lowest BCUT2D eigenvalue weighted by atomic mass is 10.1. The van der Waals surface area contributed by atoms with Gasteiger partial charge in [0.1, 0.15) is 11.6 Å². The predicted octanol–water partition coefficient (Wildman–Crippen LogP) is 3.54. The zero-order valence-corrected chi connectivity index (χ0v) is 12.7. The Kier molecular flexibility index (Phi) is 4.63. The minimum Gasteiger partial charge on any atom is -0.310 e. The minimum absolute atomic E-state index is 0.344. The monoisotopic (exact) mass is 291 g/mol. The molecule has 0 spiro atoms. The van der Waals surface area contributed by atoms with Crippen LogP contribution in [0.1, 0.15) is 30.8 Å². The van der Waals surface area contributed by atoms with Crippen molar-refractivity contribution in [2.24, 2.45) is 0 Å². The van der Waals surface area contributed by atoms with Gasteiger partial charge in [-0.05, 0) is 26.0 Å². The molecule has 0 saturated heterocycles. The molecular weight excluding hydrogens is 272 g/mol. The molecule has 0 unspecified atom stereocenters. The number of halogens is 2. The van der Waals surface area contributed by atoms with Crippen molar-refractivity contribution in [3.8, 4) is 11.4 Å². The molecule has 21 heavy (non-hydrogen) atoms. The van der Waals surface area contributed by atoms with Crippen molar-refractivity contribution in [1.82, 2.24) is 15.3 Å². The van der Waals surface area contributed by atoms with Gasteiger partial charge in [0.15, 0.2) is 5.82 Å². The molecule has 0 saturated carbocycles. The second kappa shape index (κ2) is 6.26. The van der Waals surface area contributed by atoms with Gasteiger partial charge in [-0.3, -0.25) is 0 Å². The lowest BCUT2D eigenvalue weighted by Gasteiger charge is -2.13. The summed E-state index contributed by atoms with van der Waals surface area (Å²) in [6.07, 6.45) is 0. The van der Waals surface area contributed by atoms with Gasteiger partial charge in [-0.1, -0.05) is 13.8 Å². The van der Waals surface area contributed by atoms with E-state index in [1.165, 1.54) is 12.1 Å². The van der Waals surface area contributed by atoms with E-state index in [4.69, 9.17) is 0 Å². The topological polar surface area (TPSA) is 37.8 Å². The third-order valence-corrected chi connectivity index (χ3v) is 3.23. The van der Waals surface area contributed by atoms with E-state index in [1.807, 2.05) is 13.8 Å². The summed E-state index contributed by atoms with van der Waals surface area (Å²) in [7, 11) is 0. The Bertz CT molecular complexity index is 611. The molecule has 2 rings (SSSR count). The number of benzene rings is 1. The summed E-state index contributed by atoms with van der Waals surface area (Å²) in [6, 6.07) is 3.68. The molecule has 1 aromatic heterocycles. The molecular formula is C16H19F2N3. The van der Waals surface area contributed by atoms with Crippen LogP contribution in [-0.2, 0) is 6.54 Å². The first-order valence-electron chi connectivity index (χ1n) is 6.90. The van der Waals surface area contributed by atoms with Gasteiger partial charge in [-0.15, -0.1) is 0 Å². The second-order valence-corrected chi connectivity index (χ2v) is 5.39. The molecule has 0 fully saturated rings. The van der Waals surface area contributed by atoms with E-state index >= 15 is 0 Å². The molecule has 0 radical (unpaired) electrons. The van der Waals surface area contributed by atoms with Crippen LogP contribution in [-0.4, -0.2) is 16.0 Å². The van der Waals surface area contributed by atoms with Gasteiger partial charge in [0.05, 0.1) is 0 Å². The molecule has 5 heteroatoms. The van der Waals surface area contributed by atoms with Gasteiger partial charge in [-0.2, -0.15) is 0 Å². The summed E-state index contributed by atoms with van der Waals surface area (Å²) < 4.78 is 26.6. The third kappa shape index (κ3) is 3.82. The lowest BCUT2D eigenvalue weighted by Crippen LogP contribution is -2.23. The summed E-state index contributed by atoms with van der Waals surface area (Å²) in [6.45, 7) is 8.56. The van der Waals surface area contributed by atoms with Crippen LogP contribution in [0.3, 0.4) is 0 Å². The smallest absolute Gasteiger partial charge is 0.159 e. The summed E-state index contributed by atoms with van der Waals surface area (Å²) in [5.74, 6) is -0.916. The fraction of sp³-hybridized carbons (Fsp3) is 0.375. The first-order chi connectivity index (χ1) is 9.86. The van der Waals surface area contributed by atoms with E-state index in [-0.39, 0.29) is 0 Å². The van der Waals surface area contributed by atoms with E-state index in [9.17, 15) is 8.78 Å². The number of nitrogens with one attached hydrogen (secondary N) is 1. The average molecular weight is 291 g/mol. The SMILES string of the molecule is Cc1nc(-c2cc(F)cc(F)c2)nc(C)c1CNC(C)C. The molecule has 1 heterocycles. The highest BCUT2D eigenvalue weighted by molar-refractivity contribution is 5.56. The summed E-state index contributed by atoms with van der Waals surface area (Å²) in [5.41, 5.74) is 3.00. The van der Waals surface area contributed by atoms with Crippen LogP contribution in [0.2, 0.25) is 0 Å². The Morgan fingerprint density at radius 2 is 1.52 bits per heavy atom. The normalized spacial score (nSPS) is 11.2. The van der Waals surface area contributed by atoms with E-state index in [0.717, 1.165) is 23.0 Å². The van der Waals surface area contributed by atoms with Crippen molar-refractivity contribution in [2.45, 2.75) is 40.3 Å². The molecule has 0 amide bonds. The highest BCUT2D eigenvalue weighted by Gasteiger charge is 2.12. The van der Waals surface area contributed by atoms with E-state index < -0.39 is 11.6 Å². The zero-order valence-electron chi connectivity index (χ0n) is 12.7. The first kappa shape index (κ1) is 15.5. The summed E-state index contributed by atoms with van der Waals surface area (Å²) in [5, 5.41) is 3.32. The molecule has 1 N–H and O–H groups in total. The number of rotatable bonds is 4. The Labute approximate surface area is 123 Å². The maximum Gasteiger partial charge on any atom is 0.159 e. The first-order valence-corrected chi connectivity index (χ1v) is 6.90. The molecule has 0 bridgehead atoms. The highest BCUT2D eigenvalue weighted by atomic mass is 19.1. The molecule has 0 aliphatic heterocycles. The maximum atomic E-state index is 13.3. The van der Waals surface area contributed by atoms with Gasteiger partial charge < -0.3 is 5.32 Å². The summed E-state index contributed by atoms with van der Waals surface area (Å²) >= 11 is 0. The van der Waals surface area contributed by atoms with Gasteiger partial charge in [-0.25, -0.2) is 18.7 Å². The van der Waals surface area contributed by atoms with Crippen molar-refractivity contribution >= 4 is 0 Å². The molecule has 0 aliphatic carbocycles. The average Bonchev–Trinajstić information content (AvgIpc) is 2.36. The Hall–Kier alpha value is -1.88. The van der Waals surface area contributed by atoms with Gasteiger partial charge in [0.25, 0.3) is 0 Å². The van der Waals surface area contributed by atoms with Gasteiger partial charge in [0.2, 0.25) is 0 Å². The number of aromatic nitrogens is 2. The molecule has 2 aromatic rings. The Morgan fingerprint density at radius 1 is 1.00 bits per heavy atom. The molecule has 0 atom stereocenters. The van der Waals surface area contributed by atoms with Crippen LogP contribution in [0.4, 0.5) is 8.78 Å². The maximum absolute atomic E-state index is 13.3. The quantitative estimate of drug-likeness (QED) is 0.936. The Morgan fingerprint density at radius 3 is 2.00 bits per heavy atom. The molecule has 3 nitrogen and oxygen atoms in total. The van der Waals surface area contributed by atoms with Crippen LogP contribution in [0, 0.1) is 25.5 Å². The van der Waals surface area contributed by atoms with Crippen LogP contribution in [0.15, 0.2) is 18.2 Å². The van der Waals surface area contributed by atoms with Crippen molar-refractivity contribution in [3.63, 3.8) is 0 Å². The standard InChI is InChI=1S/C16H19F2N3/c1-9(2)19-8-15-10(3)20-16(21-11(15)4)12-5-13(17)7-14(18)6-12/h5-7,9,19H,8H2,1-4H3. The molecule has 1 aromatic carbocycles. The zero-order chi connectivity index (χ0) is 15.6. The predicted molar refractivity (Wildman–Crippen MR) is 78.8 cm³/mol.